The first-order chi connectivity index (χ1) is 21.9. The summed E-state index contributed by atoms with van der Waals surface area (Å²) in [6.07, 6.45) is 14.4. The van der Waals surface area contributed by atoms with Gasteiger partial charge in [-0.05, 0) is 110 Å². The van der Waals surface area contributed by atoms with Crippen LogP contribution in [0.1, 0.15) is 91.4 Å². The van der Waals surface area contributed by atoms with Gasteiger partial charge in [-0.2, -0.15) is 15.0 Å². The number of nitrogens with two attached hydrogens (primary N) is 1. The van der Waals surface area contributed by atoms with E-state index in [1.807, 2.05) is 13.8 Å². The van der Waals surface area contributed by atoms with Gasteiger partial charge in [0.25, 0.3) is 0 Å². The van der Waals surface area contributed by atoms with Gasteiger partial charge >= 0.3 is 7.60 Å². The topological polar surface area (TPSA) is 143 Å². The summed E-state index contributed by atoms with van der Waals surface area (Å²) in [5.74, 6) is 2.88. The Hall–Kier alpha value is -1.56. The number of aromatic nitrogens is 3. The molecule has 258 valence electrons. The van der Waals surface area contributed by atoms with E-state index in [0.717, 1.165) is 70.7 Å². The number of nitrogen functional groups attached to an aromatic ring is 1. The van der Waals surface area contributed by atoms with Gasteiger partial charge in [-0.3, -0.25) is 9.46 Å². The molecule has 0 radical (unpaired) electrons. The summed E-state index contributed by atoms with van der Waals surface area (Å²) in [5, 5.41) is 10.9. The zero-order chi connectivity index (χ0) is 31.9. The monoisotopic (exact) mass is 651 g/mol. The minimum Gasteiger partial charge on any atom is -0.368 e. The van der Waals surface area contributed by atoms with Gasteiger partial charge in [-0.25, -0.2) is 0 Å². The lowest BCUT2D eigenvalue weighted by molar-refractivity contribution is 0.184. The Morgan fingerprint density at radius 2 is 1.60 bits per heavy atom. The quantitative estimate of drug-likeness (QED) is 0.121. The summed E-state index contributed by atoms with van der Waals surface area (Å²) < 4.78 is 23.7. The highest BCUT2D eigenvalue weighted by atomic mass is 31.2. The molecule has 4 rings (SSSR count). The van der Waals surface area contributed by atoms with Crippen molar-refractivity contribution >= 4 is 25.4 Å². The Kier molecular flexibility index (Phi) is 15.6. The van der Waals surface area contributed by atoms with E-state index in [-0.39, 0.29) is 5.95 Å². The fourth-order valence-electron chi connectivity index (χ4n) is 7.15. The average molecular weight is 652 g/mol. The smallest absolute Gasteiger partial charge is 0.330 e. The van der Waals surface area contributed by atoms with Crippen LogP contribution in [0.2, 0.25) is 0 Å². The summed E-state index contributed by atoms with van der Waals surface area (Å²) in [7, 11) is -3.00. The van der Waals surface area contributed by atoms with Crippen molar-refractivity contribution in [1.82, 2.24) is 30.5 Å². The lowest BCUT2D eigenvalue weighted by atomic mass is 9.82. The van der Waals surface area contributed by atoms with Gasteiger partial charge in [0.05, 0.1) is 19.4 Å². The zero-order valence-electron chi connectivity index (χ0n) is 28.4. The summed E-state index contributed by atoms with van der Waals surface area (Å²) >= 11 is 0. The molecule has 0 aromatic carbocycles. The van der Waals surface area contributed by atoms with Crippen molar-refractivity contribution in [2.24, 2.45) is 11.8 Å². The molecule has 5 N–H and O–H groups in total. The van der Waals surface area contributed by atoms with Crippen LogP contribution >= 0.6 is 7.60 Å². The predicted molar refractivity (Wildman–Crippen MR) is 184 cm³/mol. The molecule has 1 atom stereocenters. The van der Waals surface area contributed by atoms with Crippen LogP contribution in [0.4, 0.5) is 17.8 Å². The van der Waals surface area contributed by atoms with E-state index in [1.165, 1.54) is 64.2 Å². The third-order valence-corrected chi connectivity index (χ3v) is 11.9. The molecule has 1 saturated heterocycles. The summed E-state index contributed by atoms with van der Waals surface area (Å²) in [5.41, 5.74) is 6.12. The maximum Gasteiger partial charge on any atom is 0.330 e. The SMILES string of the molecule is CCOP(=O)(CCCN1CCN(c2nc(N)nc(NC[C@H]3CC[C@H](CNCCCNC4CCCCC4)CC3)n2)C[C@H]1C)OCC. The van der Waals surface area contributed by atoms with Gasteiger partial charge < -0.3 is 35.6 Å². The lowest BCUT2D eigenvalue weighted by Crippen LogP contribution is -2.52. The van der Waals surface area contributed by atoms with Crippen LogP contribution in [-0.4, -0.2) is 104 Å². The van der Waals surface area contributed by atoms with E-state index in [9.17, 15) is 4.57 Å². The number of rotatable bonds is 19. The first-order valence-electron chi connectivity index (χ1n) is 17.9. The third kappa shape index (κ3) is 12.5. The maximum atomic E-state index is 12.8. The second kappa shape index (κ2) is 19.3. The van der Waals surface area contributed by atoms with Gasteiger partial charge in [0, 0.05) is 38.3 Å². The molecular weight excluding hydrogens is 589 g/mol. The summed E-state index contributed by atoms with van der Waals surface area (Å²) in [4.78, 5) is 18.2. The van der Waals surface area contributed by atoms with Gasteiger partial charge in [0.1, 0.15) is 0 Å². The molecule has 13 heteroatoms. The fourth-order valence-corrected chi connectivity index (χ4v) is 8.79. The second-order valence-electron chi connectivity index (χ2n) is 13.3. The number of hydrogen-bond donors (Lipinski definition) is 4. The van der Waals surface area contributed by atoms with E-state index in [0.29, 0.717) is 43.2 Å². The minimum absolute atomic E-state index is 0.254. The first-order valence-corrected chi connectivity index (χ1v) is 19.7. The van der Waals surface area contributed by atoms with Crippen LogP contribution in [0.5, 0.6) is 0 Å². The van der Waals surface area contributed by atoms with Crippen molar-refractivity contribution in [2.45, 2.75) is 103 Å². The molecular formula is C32H62N9O3P. The third-order valence-electron chi connectivity index (χ3n) is 9.73. The first kappa shape index (κ1) is 36.3. The molecule has 1 aromatic heterocycles. The molecule has 2 heterocycles. The molecule has 3 fully saturated rings. The number of hydrogen-bond acceptors (Lipinski definition) is 12. The van der Waals surface area contributed by atoms with E-state index in [4.69, 9.17) is 19.8 Å². The van der Waals surface area contributed by atoms with Gasteiger partial charge in [-0.15, -0.1) is 0 Å². The Balaban J connectivity index is 1.11. The molecule has 2 aliphatic carbocycles. The summed E-state index contributed by atoms with van der Waals surface area (Å²) in [6, 6.07) is 1.06. The van der Waals surface area contributed by atoms with Crippen LogP contribution in [0, 0.1) is 11.8 Å². The molecule has 3 aliphatic rings. The van der Waals surface area contributed by atoms with Crippen molar-refractivity contribution in [1.29, 1.82) is 0 Å². The fraction of sp³-hybridized carbons (Fsp3) is 0.906. The standard InChI is InChI=1S/C32H62N9O3P/c1-4-43-45(42,44-5-2)22-10-19-40-20-21-41(25-26(40)3)32-38-30(33)37-31(39-32)36-24-28-15-13-27(14-16-28)23-34-17-9-18-35-29-11-7-6-8-12-29/h26-29,34-35H,4-25H2,1-3H3,(H3,33,36,37,38,39)/t26-,27-,28-/m1/s1. The number of anilines is 3. The van der Waals surface area contributed by atoms with Gasteiger partial charge in [-0.1, -0.05) is 19.3 Å². The van der Waals surface area contributed by atoms with E-state index >= 15 is 0 Å². The highest BCUT2D eigenvalue weighted by Crippen LogP contribution is 2.48. The van der Waals surface area contributed by atoms with Crippen molar-refractivity contribution < 1.29 is 13.6 Å². The Morgan fingerprint density at radius 3 is 2.29 bits per heavy atom. The number of nitrogens with zero attached hydrogens (tertiary/aromatic N) is 5. The minimum atomic E-state index is -3.00. The highest BCUT2D eigenvalue weighted by molar-refractivity contribution is 7.53. The Morgan fingerprint density at radius 1 is 0.889 bits per heavy atom. The molecule has 1 aromatic rings. The predicted octanol–water partition coefficient (Wildman–Crippen LogP) is 4.74. The lowest BCUT2D eigenvalue weighted by Gasteiger charge is -2.40. The second-order valence-corrected chi connectivity index (χ2v) is 15.5. The van der Waals surface area contributed by atoms with E-state index in [2.05, 4.69) is 42.6 Å². The molecule has 0 bridgehead atoms. The zero-order valence-corrected chi connectivity index (χ0v) is 29.2. The summed E-state index contributed by atoms with van der Waals surface area (Å²) in [6.45, 7) is 14.3. The Labute approximate surface area is 272 Å². The van der Waals surface area contributed by atoms with E-state index < -0.39 is 7.60 Å². The van der Waals surface area contributed by atoms with Crippen molar-refractivity contribution in [3.05, 3.63) is 0 Å². The van der Waals surface area contributed by atoms with Gasteiger partial charge in [0.15, 0.2) is 0 Å². The molecule has 2 saturated carbocycles. The van der Waals surface area contributed by atoms with Crippen LogP contribution < -0.4 is 26.6 Å². The van der Waals surface area contributed by atoms with Crippen molar-refractivity contribution in [2.75, 3.05) is 87.7 Å². The van der Waals surface area contributed by atoms with Crippen molar-refractivity contribution in [3.8, 4) is 0 Å². The highest BCUT2D eigenvalue weighted by Gasteiger charge is 2.28. The van der Waals surface area contributed by atoms with Crippen molar-refractivity contribution in [3.63, 3.8) is 0 Å². The largest absolute Gasteiger partial charge is 0.368 e. The number of piperazine rings is 1. The van der Waals surface area contributed by atoms with Gasteiger partial charge in [0.2, 0.25) is 17.8 Å². The van der Waals surface area contributed by atoms with Crippen LogP contribution in [0.15, 0.2) is 0 Å². The molecule has 0 unspecified atom stereocenters. The Bertz CT molecular complexity index is 1010. The molecule has 45 heavy (non-hydrogen) atoms. The molecule has 0 amide bonds. The molecule has 1 aliphatic heterocycles. The van der Waals surface area contributed by atoms with Crippen LogP contribution in [0.3, 0.4) is 0 Å². The normalized spacial score (nSPS) is 23.8. The maximum absolute atomic E-state index is 12.8. The molecule has 12 nitrogen and oxygen atoms in total. The van der Waals surface area contributed by atoms with Crippen LogP contribution in [0.25, 0.3) is 0 Å². The number of nitrogens with one attached hydrogen (secondary N) is 3. The average Bonchev–Trinajstić information content (AvgIpc) is 3.03. The molecule has 0 spiro atoms. The van der Waals surface area contributed by atoms with Crippen LogP contribution in [-0.2, 0) is 13.6 Å². The van der Waals surface area contributed by atoms with E-state index in [1.54, 1.807) is 0 Å².